The number of rotatable bonds is 6. The minimum Gasteiger partial charge on any atom is -0.493 e. The number of thiazole rings is 1. The molecule has 2 aromatic carbocycles. The van der Waals surface area contributed by atoms with Crippen LogP contribution in [0.5, 0.6) is 11.5 Å². The predicted molar refractivity (Wildman–Crippen MR) is 107 cm³/mol. The van der Waals surface area contributed by atoms with Crippen molar-refractivity contribution in [1.82, 2.24) is 4.57 Å². The fraction of sp³-hybridized carbons (Fsp3) is 0.238. The van der Waals surface area contributed by atoms with Crippen molar-refractivity contribution in [1.29, 1.82) is 0 Å². The topological polar surface area (TPSA) is 52.8 Å². The summed E-state index contributed by atoms with van der Waals surface area (Å²) in [4.78, 5) is 17.1. The molecule has 0 saturated carbocycles. The second kappa shape index (κ2) is 8.56. The summed E-state index contributed by atoms with van der Waals surface area (Å²) >= 11 is 1.45. The molecule has 1 aromatic heterocycles. The number of ether oxygens (including phenoxy) is 2. The van der Waals surface area contributed by atoms with Crippen LogP contribution in [0.1, 0.15) is 12.5 Å². The zero-order chi connectivity index (χ0) is 19.2. The molecule has 0 radical (unpaired) electrons. The van der Waals surface area contributed by atoms with E-state index in [4.69, 9.17) is 15.9 Å². The molecule has 0 aliphatic heterocycles. The van der Waals surface area contributed by atoms with Gasteiger partial charge in [-0.05, 0) is 36.2 Å². The summed E-state index contributed by atoms with van der Waals surface area (Å²) in [7, 11) is 1.55. The molecule has 0 aliphatic carbocycles. The maximum atomic E-state index is 12.4. The van der Waals surface area contributed by atoms with E-state index < -0.39 is 0 Å². The SMILES string of the molecule is C#CCn1c(=NC(=O)COc2ccccc2OC)sc2cc(CC)ccc21. The molecule has 27 heavy (non-hydrogen) atoms. The van der Waals surface area contributed by atoms with E-state index in [0.29, 0.717) is 22.8 Å². The number of benzene rings is 2. The Labute approximate surface area is 161 Å². The van der Waals surface area contributed by atoms with Gasteiger partial charge < -0.3 is 14.0 Å². The Balaban J connectivity index is 1.88. The molecule has 1 heterocycles. The first-order valence-electron chi connectivity index (χ1n) is 8.55. The molecule has 0 bridgehead atoms. The number of para-hydroxylation sites is 2. The highest BCUT2D eigenvalue weighted by atomic mass is 32.1. The molecule has 3 aromatic rings. The molecule has 0 atom stereocenters. The third-order valence-electron chi connectivity index (χ3n) is 4.05. The summed E-state index contributed by atoms with van der Waals surface area (Å²) in [5.74, 6) is 3.32. The number of hydrogen-bond acceptors (Lipinski definition) is 4. The highest BCUT2D eigenvalue weighted by molar-refractivity contribution is 7.16. The number of methoxy groups -OCH3 is 1. The Kier molecular flexibility index (Phi) is 5.94. The number of aromatic nitrogens is 1. The largest absolute Gasteiger partial charge is 0.493 e. The number of amides is 1. The van der Waals surface area contributed by atoms with E-state index in [1.54, 1.807) is 19.2 Å². The van der Waals surface area contributed by atoms with E-state index in [-0.39, 0.29) is 12.5 Å². The smallest absolute Gasteiger partial charge is 0.286 e. The van der Waals surface area contributed by atoms with Gasteiger partial charge in [-0.2, -0.15) is 4.99 Å². The number of carbonyl (C=O) groups excluding carboxylic acids is 1. The lowest BCUT2D eigenvalue weighted by Gasteiger charge is -2.08. The second-order valence-electron chi connectivity index (χ2n) is 5.78. The lowest BCUT2D eigenvalue weighted by Crippen LogP contribution is -2.19. The lowest BCUT2D eigenvalue weighted by atomic mass is 10.2. The Morgan fingerprint density at radius 1 is 1.26 bits per heavy atom. The Morgan fingerprint density at radius 3 is 2.74 bits per heavy atom. The summed E-state index contributed by atoms with van der Waals surface area (Å²) in [6.45, 7) is 2.28. The molecule has 0 spiro atoms. The molecule has 138 valence electrons. The van der Waals surface area contributed by atoms with Gasteiger partial charge in [0.05, 0.1) is 23.9 Å². The van der Waals surface area contributed by atoms with E-state index in [9.17, 15) is 4.79 Å². The third kappa shape index (κ3) is 4.21. The van der Waals surface area contributed by atoms with Crippen molar-refractivity contribution in [2.24, 2.45) is 4.99 Å². The average Bonchev–Trinajstić information content (AvgIpc) is 3.03. The summed E-state index contributed by atoms with van der Waals surface area (Å²) in [5, 5.41) is 0. The fourth-order valence-corrected chi connectivity index (χ4v) is 3.79. The summed E-state index contributed by atoms with van der Waals surface area (Å²) < 4.78 is 13.7. The highest BCUT2D eigenvalue weighted by Crippen LogP contribution is 2.25. The van der Waals surface area contributed by atoms with Crippen molar-refractivity contribution in [2.75, 3.05) is 13.7 Å². The van der Waals surface area contributed by atoms with Gasteiger partial charge in [-0.15, -0.1) is 6.42 Å². The van der Waals surface area contributed by atoms with Crippen molar-refractivity contribution in [3.05, 3.63) is 52.8 Å². The summed E-state index contributed by atoms with van der Waals surface area (Å²) in [6, 6.07) is 13.4. The van der Waals surface area contributed by atoms with Crippen molar-refractivity contribution in [3.8, 4) is 23.8 Å². The first kappa shape index (κ1) is 18.7. The van der Waals surface area contributed by atoms with Crippen LogP contribution >= 0.6 is 11.3 Å². The van der Waals surface area contributed by atoms with Gasteiger partial charge in [-0.1, -0.05) is 42.4 Å². The normalized spacial score (nSPS) is 11.4. The fourth-order valence-electron chi connectivity index (χ4n) is 2.68. The van der Waals surface area contributed by atoms with Crippen LogP contribution in [-0.2, 0) is 17.8 Å². The zero-order valence-corrected chi connectivity index (χ0v) is 16.1. The molecule has 0 aliphatic rings. The number of carbonyl (C=O) groups is 1. The van der Waals surface area contributed by atoms with Gasteiger partial charge in [0.15, 0.2) is 22.9 Å². The standard InChI is InChI=1S/C21H20N2O3S/c1-4-12-23-16-11-10-15(5-2)13-19(16)27-21(23)22-20(24)14-26-18-9-7-6-8-17(18)25-3/h1,6-11,13H,5,12,14H2,2-3H3. The quantitative estimate of drug-likeness (QED) is 0.616. The molecule has 3 rings (SSSR count). The molecule has 0 fully saturated rings. The zero-order valence-electron chi connectivity index (χ0n) is 15.3. The van der Waals surface area contributed by atoms with Crippen molar-refractivity contribution >= 4 is 27.5 Å². The first-order chi connectivity index (χ1) is 13.2. The Bertz CT molecular complexity index is 1070. The van der Waals surface area contributed by atoms with E-state index in [2.05, 4.69) is 30.0 Å². The van der Waals surface area contributed by atoms with Crippen LogP contribution in [0, 0.1) is 12.3 Å². The van der Waals surface area contributed by atoms with E-state index >= 15 is 0 Å². The molecule has 0 N–H and O–H groups in total. The van der Waals surface area contributed by atoms with Gasteiger partial charge in [0, 0.05) is 0 Å². The molecule has 0 unspecified atom stereocenters. The average molecular weight is 380 g/mol. The molecular formula is C21H20N2O3S. The molecule has 5 nitrogen and oxygen atoms in total. The van der Waals surface area contributed by atoms with Crippen LogP contribution in [0.3, 0.4) is 0 Å². The van der Waals surface area contributed by atoms with Gasteiger partial charge in [0.25, 0.3) is 5.91 Å². The molecule has 6 heteroatoms. The van der Waals surface area contributed by atoms with Gasteiger partial charge in [0.1, 0.15) is 0 Å². The van der Waals surface area contributed by atoms with E-state index in [1.807, 2.05) is 22.8 Å². The van der Waals surface area contributed by atoms with Gasteiger partial charge in [0.2, 0.25) is 0 Å². The van der Waals surface area contributed by atoms with Crippen molar-refractivity contribution in [3.63, 3.8) is 0 Å². The Hall–Kier alpha value is -3.04. The molecule has 1 amide bonds. The monoisotopic (exact) mass is 380 g/mol. The van der Waals surface area contributed by atoms with Crippen LogP contribution in [0.4, 0.5) is 0 Å². The van der Waals surface area contributed by atoms with Crippen LogP contribution in [-0.4, -0.2) is 24.2 Å². The lowest BCUT2D eigenvalue weighted by molar-refractivity contribution is -0.120. The van der Waals surface area contributed by atoms with Crippen LogP contribution in [0.2, 0.25) is 0 Å². The summed E-state index contributed by atoms with van der Waals surface area (Å²) in [6.07, 6.45) is 6.45. The van der Waals surface area contributed by atoms with Crippen molar-refractivity contribution < 1.29 is 14.3 Å². The third-order valence-corrected chi connectivity index (χ3v) is 5.09. The molecule has 0 saturated heterocycles. The number of terminal acetylenes is 1. The van der Waals surface area contributed by atoms with Crippen LogP contribution in [0.15, 0.2) is 47.5 Å². The second-order valence-corrected chi connectivity index (χ2v) is 6.78. The van der Waals surface area contributed by atoms with E-state index in [1.165, 1.54) is 16.9 Å². The first-order valence-corrected chi connectivity index (χ1v) is 9.37. The maximum absolute atomic E-state index is 12.4. The minimum atomic E-state index is -0.381. The van der Waals surface area contributed by atoms with Gasteiger partial charge >= 0.3 is 0 Å². The number of fused-ring (bicyclic) bond motifs is 1. The van der Waals surface area contributed by atoms with Crippen molar-refractivity contribution in [2.45, 2.75) is 19.9 Å². The van der Waals surface area contributed by atoms with Crippen LogP contribution < -0.4 is 14.3 Å². The number of hydrogen-bond donors (Lipinski definition) is 0. The highest BCUT2D eigenvalue weighted by Gasteiger charge is 2.10. The summed E-state index contributed by atoms with van der Waals surface area (Å²) in [5.41, 5.74) is 2.21. The number of aryl methyl sites for hydroxylation is 1. The molecular weight excluding hydrogens is 360 g/mol. The van der Waals surface area contributed by atoms with Gasteiger partial charge in [-0.3, -0.25) is 4.79 Å². The van der Waals surface area contributed by atoms with Crippen LogP contribution in [0.25, 0.3) is 10.2 Å². The Morgan fingerprint density at radius 2 is 2.04 bits per heavy atom. The van der Waals surface area contributed by atoms with E-state index in [0.717, 1.165) is 16.6 Å². The minimum absolute atomic E-state index is 0.176. The number of nitrogens with zero attached hydrogens (tertiary/aromatic N) is 2. The van der Waals surface area contributed by atoms with Gasteiger partial charge in [-0.25, -0.2) is 0 Å². The predicted octanol–water partition coefficient (Wildman–Crippen LogP) is 3.41. The maximum Gasteiger partial charge on any atom is 0.286 e.